The molecule has 0 unspecified atom stereocenters. The number of methoxy groups -OCH3 is 1. The molecule has 2 amide bonds. The molecule has 3 aliphatic rings. The van der Waals surface area contributed by atoms with E-state index in [-0.39, 0.29) is 22.8 Å². The first-order chi connectivity index (χ1) is 19.3. The van der Waals surface area contributed by atoms with Crippen molar-refractivity contribution in [3.8, 4) is 5.75 Å². The van der Waals surface area contributed by atoms with Gasteiger partial charge >= 0.3 is 11.9 Å². The molecule has 200 valence electrons. The first-order valence-corrected chi connectivity index (χ1v) is 12.7. The molecule has 9 heteroatoms. The number of anilines is 2. The minimum absolute atomic E-state index is 0.0806. The third-order valence-corrected chi connectivity index (χ3v) is 7.63. The second-order valence-corrected chi connectivity index (χ2v) is 9.82. The van der Waals surface area contributed by atoms with Crippen LogP contribution in [0.25, 0.3) is 6.08 Å². The van der Waals surface area contributed by atoms with Gasteiger partial charge in [-0.05, 0) is 48.0 Å². The van der Waals surface area contributed by atoms with E-state index in [9.17, 15) is 24.0 Å². The lowest BCUT2D eigenvalue weighted by atomic mass is 9.86. The van der Waals surface area contributed by atoms with Crippen LogP contribution in [-0.4, -0.2) is 48.7 Å². The fourth-order valence-electron chi connectivity index (χ4n) is 6.03. The lowest BCUT2D eigenvalue weighted by Crippen LogP contribution is -2.49. The van der Waals surface area contributed by atoms with Crippen LogP contribution in [0.15, 0.2) is 78.9 Å². The van der Waals surface area contributed by atoms with Crippen molar-refractivity contribution in [2.45, 2.75) is 19.0 Å². The van der Waals surface area contributed by atoms with Gasteiger partial charge in [-0.2, -0.15) is 0 Å². The molecule has 3 aromatic rings. The summed E-state index contributed by atoms with van der Waals surface area (Å²) in [7, 11) is 1.23. The number of hydrogen-bond acceptors (Lipinski definition) is 8. The van der Waals surface area contributed by atoms with Crippen molar-refractivity contribution in [3.05, 3.63) is 95.6 Å². The summed E-state index contributed by atoms with van der Waals surface area (Å²) in [6.07, 6.45) is 3.76. The van der Waals surface area contributed by atoms with Gasteiger partial charge in [0.2, 0.25) is 11.8 Å². The molecular weight excluding hydrogens is 512 g/mol. The van der Waals surface area contributed by atoms with E-state index in [4.69, 9.17) is 9.47 Å². The smallest absolute Gasteiger partial charge is 0.339 e. The average molecular weight is 537 g/mol. The number of ether oxygens (including phenoxy) is 2. The molecular formula is C31H24N2O7. The number of esters is 2. The summed E-state index contributed by atoms with van der Waals surface area (Å²) in [4.78, 5) is 69.0. The van der Waals surface area contributed by atoms with Crippen molar-refractivity contribution in [1.29, 1.82) is 0 Å². The van der Waals surface area contributed by atoms with E-state index in [0.717, 1.165) is 16.2 Å². The van der Waals surface area contributed by atoms with Gasteiger partial charge in [-0.15, -0.1) is 0 Å². The van der Waals surface area contributed by atoms with Gasteiger partial charge in [-0.3, -0.25) is 19.2 Å². The number of nitrogens with zero attached hydrogens (tertiary/aromatic N) is 2. The maximum Gasteiger partial charge on any atom is 0.339 e. The Balaban J connectivity index is 1.46. The van der Waals surface area contributed by atoms with Crippen LogP contribution < -0.4 is 14.5 Å². The van der Waals surface area contributed by atoms with Crippen molar-refractivity contribution in [1.82, 2.24) is 0 Å². The van der Waals surface area contributed by atoms with Crippen molar-refractivity contribution in [3.63, 3.8) is 0 Å². The number of amides is 2. The SMILES string of the molecule is COC(=O)c1ccccc1N1C(=O)[C@@H]2[C@@H](C1=O)[C@@H](C(=O)c1ccc(OC(C)=O)cc1)N1c3ccccc3C=C[C@H]21. The molecule has 2 fully saturated rings. The van der Waals surface area contributed by atoms with E-state index < -0.39 is 47.7 Å². The summed E-state index contributed by atoms with van der Waals surface area (Å²) < 4.78 is 9.98. The molecule has 0 aromatic heterocycles. The van der Waals surface area contributed by atoms with E-state index in [2.05, 4.69) is 0 Å². The van der Waals surface area contributed by atoms with Crippen LogP contribution in [0, 0.1) is 11.8 Å². The Morgan fingerprint density at radius 1 is 0.800 bits per heavy atom. The topological polar surface area (TPSA) is 110 Å². The van der Waals surface area contributed by atoms with Crippen LogP contribution in [0.5, 0.6) is 5.75 Å². The van der Waals surface area contributed by atoms with Crippen molar-refractivity contribution in [2.24, 2.45) is 11.8 Å². The minimum atomic E-state index is -1.00. The number of ketones is 1. The van der Waals surface area contributed by atoms with Gasteiger partial charge in [-0.1, -0.05) is 42.5 Å². The van der Waals surface area contributed by atoms with Crippen molar-refractivity contribution >= 4 is 47.0 Å². The Morgan fingerprint density at radius 3 is 2.15 bits per heavy atom. The molecule has 0 bridgehead atoms. The van der Waals surface area contributed by atoms with E-state index in [1.54, 1.807) is 24.3 Å². The molecule has 3 aromatic carbocycles. The molecule has 0 radical (unpaired) electrons. The highest BCUT2D eigenvalue weighted by Gasteiger charge is 2.64. The van der Waals surface area contributed by atoms with Gasteiger partial charge in [0.15, 0.2) is 5.78 Å². The zero-order valence-corrected chi connectivity index (χ0v) is 21.6. The lowest BCUT2D eigenvalue weighted by molar-refractivity contribution is -0.132. The average Bonchev–Trinajstić information content (AvgIpc) is 3.44. The van der Waals surface area contributed by atoms with Gasteiger partial charge < -0.3 is 14.4 Å². The molecule has 3 heterocycles. The highest BCUT2D eigenvalue weighted by Crippen LogP contribution is 2.50. The number of fused-ring (bicyclic) bond motifs is 5. The van der Waals surface area contributed by atoms with E-state index in [0.29, 0.717) is 5.56 Å². The van der Waals surface area contributed by atoms with Crippen LogP contribution in [0.2, 0.25) is 0 Å². The normalized spacial score (nSPS) is 22.4. The fourth-order valence-corrected chi connectivity index (χ4v) is 6.03. The zero-order valence-electron chi connectivity index (χ0n) is 21.6. The highest BCUT2D eigenvalue weighted by atomic mass is 16.5. The highest BCUT2D eigenvalue weighted by molar-refractivity contribution is 6.27. The van der Waals surface area contributed by atoms with Gasteiger partial charge in [0, 0.05) is 18.2 Å². The first-order valence-electron chi connectivity index (χ1n) is 12.7. The summed E-state index contributed by atoms with van der Waals surface area (Å²) in [5.74, 6) is -4.11. The van der Waals surface area contributed by atoms with Gasteiger partial charge in [-0.25, -0.2) is 9.69 Å². The summed E-state index contributed by atoms with van der Waals surface area (Å²) in [5, 5.41) is 0. The number of para-hydroxylation sites is 2. The van der Waals surface area contributed by atoms with Gasteiger partial charge in [0.25, 0.3) is 0 Å². The van der Waals surface area contributed by atoms with Crippen LogP contribution in [0.3, 0.4) is 0 Å². The van der Waals surface area contributed by atoms with Crippen molar-refractivity contribution in [2.75, 3.05) is 16.9 Å². The van der Waals surface area contributed by atoms with Crippen LogP contribution in [0.4, 0.5) is 11.4 Å². The quantitative estimate of drug-likeness (QED) is 0.210. The fraction of sp³-hybridized carbons (Fsp3) is 0.194. The predicted octanol–water partition coefficient (Wildman–Crippen LogP) is 3.67. The van der Waals surface area contributed by atoms with E-state index in [1.807, 2.05) is 41.3 Å². The van der Waals surface area contributed by atoms with E-state index in [1.165, 1.54) is 38.3 Å². The first kappa shape index (κ1) is 25.2. The lowest BCUT2D eigenvalue weighted by Gasteiger charge is -2.36. The molecule has 40 heavy (non-hydrogen) atoms. The summed E-state index contributed by atoms with van der Waals surface area (Å²) in [6.45, 7) is 1.28. The Morgan fingerprint density at radius 2 is 1.45 bits per heavy atom. The van der Waals surface area contributed by atoms with Crippen LogP contribution >= 0.6 is 0 Å². The third kappa shape index (κ3) is 3.81. The molecule has 2 saturated heterocycles. The molecule has 4 atom stereocenters. The molecule has 6 rings (SSSR count). The van der Waals surface area contributed by atoms with Gasteiger partial charge in [0.1, 0.15) is 11.8 Å². The largest absolute Gasteiger partial charge is 0.465 e. The molecule has 0 N–H and O–H groups in total. The second kappa shape index (κ2) is 9.60. The van der Waals surface area contributed by atoms with Crippen molar-refractivity contribution < 1.29 is 33.4 Å². The Kier molecular flexibility index (Phi) is 6.06. The molecule has 3 aliphatic heterocycles. The Labute approximate surface area is 229 Å². The number of rotatable bonds is 5. The Hall–Kier alpha value is -5.05. The molecule has 0 spiro atoms. The number of Topliss-reactive ketones (excluding diaryl/α,β-unsaturated/α-hetero) is 1. The summed E-state index contributed by atoms with van der Waals surface area (Å²) >= 11 is 0. The zero-order chi connectivity index (χ0) is 28.1. The summed E-state index contributed by atoms with van der Waals surface area (Å²) in [5.41, 5.74) is 2.14. The van der Waals surface area contributed by atoms with E-state index >= 15 is 0 Å². The maximum absolute atomic E-state index is 14.2. The maximum atomic E-state index is 14.2. The summed E-state index contributed by atoms with van der Waals surface area (Å²) in [6, 6.07) is 18.4. The third-order valence-electron chi connectivity index (χ3n) is 7.63. The molecule has 0 saturated carbocycles. The number of benzene rings is 3. The monoisotopic (exact) mass is 536 g/mol. The number of imide groups is 1. The van der Waals surface area contributed by atoms with Crippen LogP contribution in [-0.2, 0) is 19.1 Å². The standard InChI is InChI=1S/C31H24N2O7/c1-17(34)40-20-14-11-19(12-15-20)28(35)27-26-25(24-16-13-18-7-3-5-9-22(18)32(24)27)29(36)33(30(26)37)23-10-6-4-8-21(23)31(38)39-2/h3-16,24-27H,1-2H3/t24-,25+,26-,27+/m1/s1. The number of carbonyl (C=O) groups excluding carboxylic acids is 5. The Bertz CT molecular complexity index is 1610. The predicted molar refractivity (Wildman–Crippen MR) is 145 cm³/mol. The number of hydrogen-bond donors (Lipinski definition) is 0. The molecule has 9 nitrogen and oxygen atoms in total. The van der Waals surface area contributed by atoms with Gasteiger partial charge in [0.05, 0.1) is 36.2 Å². The van der Waals surface area contributed by atoms with Crippen LogP contribution in [0.1, 0.15) is 33.2 Å². The number of carbonyl (C=O) groups is 5. The second-order valence-electron chi connectivity index (χ2n) is 9.82. The molecule has 0 aliphatic carbocycles. The minimum Gasteiger partial charge on any atom is -0.465 e.